The van der Waals surface area contributed by atoms with E-state index in [1.807, 2.05) is 12.3 Å². The molecule has 3 rings (SSSR count). The van der Waals surface area contributed by atoms with E-state index in [9.17, 15) is 0 Å². The van der Waals surface area contributed by atoms with Crippen molar-refractivity contribution in [2.45, 2.75) is 31.7 Å². The smallest absolute Gasteiger partial charge is 0.124 e. The van der Waals surface area contributed by atoms with Gasteiger partial charge in [0.1, 0.15) is 4.60 Å². The van der Waals surface area contributed by atoms with Crippen LogP contribution < -0.4 is 5.32 Å². The third-order valence-electron chi connectivity index (χ3n) is 4.00. The molecular weight excluding hydrogens is 312 g/mol. The topological polar surface area (TPSA) is 24.9 Å². The lowest BCUT2D eigenvalue weighted by molar-refractivity contribution is 0.278. The molecule has 1 fully saturated rings. The molecule has 96 valence electrons. The normalized spacial score (nSPS) is 27.6. The Morgan fingerprint density at radius 2 is 2.33 bits per heavy atom. The number of hydrogen-bond acceptors (Lipinski definition) is 2. The molecule has 1 N–H and O–H groups in total. The van der Waals surface area contributed by atoms with Gasteiger partial charge >= 0.3 is 0 Å². The number of allylic oxidation sites excluding steroid dienone is 1. The fraction of sp³-hybridized carbons (Fsp3) is 0.500. The number of hydrogen-bond donors (Lipinski definition) is 1. The quantitative estimate of drug-likeness (QED) is 0.787. The van der Waals surface area contributed by atoms with E-state index in [-0.39, 0.29) is 0 Å². The molecule has 1 saturated heterocycles. The summed E-state index contributed by atoms with van der Waals surface area (Å²) in [5.41, 5.74) is 2.54. The molecule has 0 amide bonds. The number of pyridine rings is 1. The summed E-state index contributed by atoms with van der Waals surface area (Å²) in [6.45, 7) is 1.16. The first-order valence-electron chi connectivity index (χ1n) is 6.48. The van der Waals surface area contributed by atoms with Crippen molar-refractivity contribution in [1.29, 1.82) is 0 Å². The van der Waals surface area contributed by atoms with Crippen LogP contribution in [0.25, 0.3) is 5.57 Å². The number of nitrogens with one attached hydrogen (secondary N) is 1. The Morgan fingerprint density at radius 3 is 3.17 bits per heavy atom. The summed E-state index contributed by atoms with van der Waals surface area (Å²) < 4.78 is 0.720. The Morgan fingerprint density at radius 1 is 1.44 bits per heavy atom. The molecular formula is C14H16BrClN2. The number of nitrogens with zero attached hydrogens (tertiary/aromatic N) is 1. The zero-order valence-corrected chi connectivity index (χ0v) is 12.5. The highest BCUT2D eigenvalue weighted by Gasteiger charge is 2.28. The van der Waals surface area contributed by atoms with Gasteiger partial charge < -0.3 is 5.32 Å². The van der Waals surface area contributed by atoms with E-state index >= 15 is 0 Å². The van der Waals surface area contributed by atoms with Gasteiger partial charge in [0.15, 0.2) is 0 Å². The van der Waals surface area contributed by atoms with Gasteiger partial charge in [-0.3, -0.25) is 0 Å². The van der Waals surface area contributed by atoms with Gasteiger partial charge in [0, 0.05) is 12.2 Å². The summed E-state index contributed by atoms with van der Waals surface area (Å²) in [4.78, 5) is 4.28. The van der Waals surface area contributed by atoms with Crippen molar-refractivity contribution in [1.82, 2.24) is 10.3 Å². The molecule has 1 aliphatic heterocycles. The van der Waals surface area contributed by atoms with Crippen molar-refractivity contribution in [2.24, 2.45) is 5.92 Å². The average molecular weight is 328 g/mol. The fourth-order valence-corrected chi connectivity index (χ4v) is 3.37. The lowest BCUT2D eigenvalue weighted by Crippen LogP contribution is -2.42. The molecule has 1 aliphatic carbocycles. The molecule has 0 unspecified atom stereocenters. The average Bonchev–Trinajstić information content (AvgIpc) is 2.41. The van der Waals surface area contributed by atoms with Crippen LogP contribution in [0.4, 0.5) is 0 Å². The highest BCUT2D eigenvalue weighted by molar-refractivity contribution is 9.10. The Kier molecular flexibility index (Phi) is 3.73. The van der Waals surface area contributed by atoms with Crippen LogP contribution in [0.3, 0.4) is 0 Å². The zero-order valence-electron chi connectivity index (χ0n) is 10.1. The van der Waals surface area contributed by atoms with Crippen LogP contribution in [0.15, 0.2) is 22.9 Å². The van der Waals surface area contributed by atoms with Crippen LogP contribution in [0, 0.1) is 5.92 Å². The number of rotatable bonds is 1. The molecule has 2 aliphatic rings. The van der Waals surface area contributed by atoms with E-state index in [4.69, 9.17) is 11.6 Å². The number of piperidine rings is 1. The molecule has 0 spiro atoms. The zero-order chi connectivity index (χ0) is 12.5. The molecule has 0 radical (unpaired) electrons. The fourth-order valence-electron chi connectivity index (χ4n) is 2.99. The van der Waals surface area contributed by atoms with E-state index in [0.29, 0.717) is 11.1 Å². The van der Waals surface area contributed by atoms with Gasteiger partial charge in [0.2, 0.25) is 0 Å². The van der Waals surface area contributed by atoms with Gasteiger partial charge in [-0.05, 0) is 71.3 Å². The first-order chi connectivity index (χ1) is 8.74. The van der Waals surface area contributed by atoms with E-state index in [1.54, 1.807) is 0 Å². The Labute approximate surface area is 121 Å². The van der Waals surface area contributed by atoms with Crippen LogP contribution >= 0.6 is 27.5 Å². The van der Waals surface area contributed by atoms with Crippen molar-refractivity contribution in [3.8, 4) is 0 Å². The van der Waals surface area contributed by atoms with E-state index in [1.165, 1.54) is 24.8 Å². The monoisotopic (exact) mass is 326 g/mol. The highest BCUT2D eigenvalue weighted by Crippen LogP contribution is 2.35. The van der Waals surface area contributed by atoms with Crippen LogP contribution in [-0.4, -0.2) is 17.6 Å². The lowest BCUT2D eigenvalue weighted by Gasteiger charge is -2.36. The van der Waals surface area contributed by atoms with Gasteiger partial charge in [-0.2, -0.15) is 0 Å². The van der Waals surface area contributed by atoms with Crippen molar-refractivity contribution >= 4 is 33.1 Å². The maximum Gasteiger partial charge on any atom is 0.124 e. The van der Waals surface area contributed by atoms with Crippen molar-refractivity contribution in [3.63, 3.8) is 0 Å². The second kappa shape index (κ2) is 5.32. The molecule has 0 saturated carbocycles. The molecule has 2 heterocycles. The molecule has 4 heteroatoms. The molecule has 2 atom stereocenters. The van der Waals surface area contributed by atoms with E-state index in [2.05, 4.69) is 32.3 Å². The lowest BCUT2D eigenvalue weighted by atomic mass is 9.78. The van der Waals surface area contributed by atoms with Crippen LogP contribution in [-0.2, 0) is 0 Å². The third-order valence-corrected chi connectivity index (χ3v) is 5.15. The van der Waals surface area contributed by atoms with Gasteiger partial charge in [0.25, 0.3) is 0 Å². The molecule has 0 bridgehead atoms. The van der Waals surface area contributed by atoms with Crippen LogP contribution in [0.2, 0.25) is 5.02 Å². The van der Waals surface area contributed by atoms with Crippen molar-refractivity contribution < 1.29 is 0 Å². The Hall–Kier alpha value is -0.380. The Balaban J connectivity index is 1.84. The minimum Gasteiger partial charge on any atom is -0.313 e. The standard InChI is InChI=1S/C14H16BrClN2/c15-14-12(16)6-11(8-18-14)10-4-3-9-2-1-5-17-13(9)7-10/h4,6,8-9,13,17H,1-3,5,7H2/t9-,13+/m0/s1. The summed E-state index contributed by atoms with van der Waals surface area (Å²) in [6.07, 6.45) is 9.24. The molecule has 18 heavy (non-hydrogen) atoms. The second-order valence-electron chi connectivity index (χ2n) is 5.13. The van der Waals surface area contributed by atoms with Crippen LogP contribution in [0.1, 0.15) is 31.2 Å². The van der Waals surface area contributed by atoms with Crippen molar-refractivity contribution in [3.05, 3.63) is 33.5 Å². The Bertz CT molecular complexity index is 487. The summed E-state index contributed by atoms with van der Waals surface area (Å²) in [7, 11) is 0. The largest absolute Gasteiger partial charge is 0.313 e. The minimum atomic E-state index is 0.640. The predicted molar refractivity (Wildman–Crippen MR) is 78.7 cm³/mol. The molecule has 2 nitrogen and oxygen atoms in total. The van der Waals surface area contributed by atoms with Gasteiger partial charge in [-0.25, -0.2) is 4.98 Å². The molecule has 1 aromatic heterocycles. The van der Waals surface area contributed by atoms with Gasteiger partial charge in [-0.15, -0.1) is 0 Å². The number of aromatic nitrogens is 1. The van der Waals surface area contributed by atoms with Gasteiger partial charge in [-0.1, -0.05) is 17.7 Å². The van der Waals surface area contributed by atoms with Crippen LogP contribution in [0.5, 0.6) is 0 Å². The van der Waals surface area contributed by atoms with Crippen molar-refractivity contribution in [2.75, 3.05) is 6.54 Å². The van der Waals surface area contributed by atoms with Gasteiger partial charge in [0.05, 0.1) is 5.02 Å². The maximum absolute atomic E-state index is 6.12. The second-order valence-corrected chi connectivity index (χ2v) is 6.29. The SMILES string of the molecule is Clc1cc(C2=CC[C@@H]3CCCN[C@@H]3C2)cnc1Br. The summed E-state index contributed by atoms with van der Waals surface area (Å²) in [6, 6.07) is 2.65. The summed E-state index contributed by atoms with van der Waals surface area (Å²) in [5.74, 6) is 0.821. The highest BCUT2D eigenvalue weighted by atomic mass is 79.9. The van der Waals surface area contributed by atoms with E-state index < -0.39 is 0 Å². The maximum atomic E-state index is 6.12. The number of fused-ring (bicyclic) bond motifs is 1. The molecule has 1 aromatic rings. The number of halogens is 2. The molecule has 0 aromatic carbocycles. The summed E-state index contributed by atoms with van der Waals surface area (Å²) >= 11 is 9.45. The minimum absolute atomic E-state index is 0.640. The first kappa shape index (κ1) is 12.6. The first-order valence-corrected chi connectivity index (χ1v) is 7.65. The third kappa shape index (κ3) is 2.49. The summed E-state index contributed by atoms with van der Waals surface area (Å²) in [5, 5.41) is 4.33. The predicted octanol–water partition coefficient (Wildman–Crippen LogP) is 4.04. The van der Waals surface area contributed by atoms with E-state index in [0.717, 1.165) is 29.1 Å².